The first kappa shape index (κ1) is 12.0. The van der Waals surface area contributed by atoms with Gasteiger partial charge in [0.05, 0.1) is 6.54 Å². The summed E-state index contributed by atoms with van der Waals surface area (Å²) in [6.45, 7) is 0.410. The van der Waals surface area contributed by atoms with Gasteiger partial charge in [-0.3, -0.25) is 4.90 Å². The minimum Gasteiger partial charge on any atom is -0.307 e. The van der Waals surface area contributed by atoms with E-state index in [4.69, 9.17) is 11.6 Å². The molecule has 1 aliphatic heterocycles. The van der Waals surface area contributed by atoms with Gasteiger partial charge in [0, 0.05) is 16.4 Å². The number of carbonyl (C=O) groups is 1. The maximum absolute atomic E-state index is 12.9. The summed E-state index contributed by atoms with van der Waals surface area (Å²) >= 11 is 5.95. The molecule has 0 saturated carbocycles. The van der Waals surface area contributed by atoms with Gasteiger partial charge < -0.3 is 5.32 Å². The molecule has 5 heteroatoms. The third-order valence-electron chi connectivity index (χ3n) is 3.02. The monoisotopic (exact) mass is 276 g/mol. The second-order valence-electron chi connectivity index (χ2n) is 4.29. The van der Waals surface area contributed by atoms with Gasteiger partial charge in [-0.25, -0.2) is 9.18 Å². The molecule has 1 N–H and O–H groups in total. The molecule has 0 unspecified atom stereocenters. The van der Waals surface area contributed by atoms with Crippen LogP contribution in [0.5, 0.6) is 0 Å². The summed E-state index contributed by atoms with van der Waals surface area (Å²) in [6.07, 6.45) is 0. The standard InChI is InChI=1S/C14H10ClFN2O/c15-10-1-6-13-9(7-10)8-18(14(19)17-13)12-4-2-11(16)3-5-12/h1-7H,8H2,(H,17,19). The molecular weight excluding hydrogens is 267 g/mol. The van der Waals surface area contributed by atoms with Crippen LogP contribution in [0, 0.1) is 5.82 Å². The molecule has 3 nitrogen and oxygen atoms in total. The van der Waals surface area contributed by atoms with Gasteiger partial charge in [-0.1, -0.05) is 11.6 Å². The van der Waals surface area contributed by atoms with Crippen molar-refractivity contribution in [3.8, 4) is 0 Å². The molecule has 0 bridgehead atoms. The van der Waals surface area contributed by atoms with Crippen LogP contribution in [0.25, 0.3) is 0 Å². The van der Waals surface area contributed by atoms with Gasteiger partial charge in [0.2, 0.25) is 0 Å². The molecular formula is C14H10ClFN2O. The quantitative estimate of drug-likeness (QED) is 0.838. The number of halogens is 2. The molecule has 0 aliphatic carbocycles. The summed E-state index contributed by atoms with van der Waals surface area (Å²) in [5, 5.41) is 3.40. The number of nitrogens with one attached hydrogen (secondary N) is 1. The van der Waals surface area contributed by atoms with E-state index in [1.54, 1.807) is 24.3 Å². The van der Waals surface area contributed by atoms with Gasteiger partial charge in [0.25, 0.3) is 0 Å². The maximum Gasteiger partial charge on any atom is 0.326 e. The Hall–Kier alpha value is -2.07. The largest absolute Gasteiger partial charge is 0.326 e. The first-order valence-corrected chi connectivity index (χ1v) is 6.14. The number of urea groups is 1. The molecule has 0 aromatic heterocycles. The molecule has 2 aromatic rings. The lowest BCUT2D eigenvalue weighted by atomic mass is 10.1. The number of hydrogen-bond donors (Lipinski definition) is 1. The summed E-state index contributed by atoms with van der Waals surface area (Å²) in [7, 11) is 0. The first-order chi connectivity index (χ1) is 9.13. The predicted molar refractivity (Wildman–Crippen MR) is 73.1 cm³/mol. The summed E-state index contributed by atoms with van der Waals surface area (Å²) in [6, 6.07) is 10.9. The van der Waals surface area contributed by atoms with E-state index in [2.05, 4.69) is 5.32 Å². The fourth-order valence-corrected chi connectivity index (χ4v) is 2.26. The summed E-state index contributed by atoms with van der Waals surface area (Å²) in [4.78, 5) is 13.6. The highest BCUT2D eigenvalue weighted by Crippen LogP contribution is 2.29. The van der Waals surface area contributed by atoms with Crippen LogP contribution >= 0.6 is 11.6 Å². The van der Waals surface area contributed by atoms with Crippen molar-refractivity contribution in [1.29, 1.82) is 0 Å². The Labute approximate surface area is 114 Å². The third kappa shape index (κ3) is 2.27. The van der Waals surface area contributed by atoms with Crippen LogP contribution in [0.3, 0.4) is 0 Å². The van der Waals surface area contributed by atoms with Crippen LogP contribution in [0.1, 0.15) is 5.56 Å². The van der Waals surface area contributed by atoms with Gasteiger partial charge in [0.15, 0.2) is 0 Å². The zero-order chi connectivity index (χ0) is 13.4. The molecule has 0 fully saturated rings. The van der Waals surface area contributed by atoms with Gasteiger partial charge in [-0.15, -0.1) is 0 Å². The van der Waals surface area contributed by atoms with Gasteiger partial charge in [0.1, 0.15) is 5.82 Å². The van der Waals surface area contributed by atoms with Crippen molar-refractivity contribution in [2.24, 2.45) is 0 Å². The highest BCUT2D eigenvalue weighted by molar-refractivity contribution is 6.30. The van der Waals surface area contributed by atoms with Crippen LogP contribution in [-0.4, -0.2) is 6.03 Å². The lowest BCUT2D eigenvalue weighted by Crippen LogP contribution is -2.38. The smallest absolute Gasteiger partial charge is 0.307 e. The third-order valence-corrected chi connectivity index (χ3v) is 3.26. The normalized spacial score (nSPS) is 14.0. The molecule has 0 atom stereocenters. The van der Waals surface area contributed by atoms with Crippen molar-refractivity contribution >= 4 is 29.0 Å². The van der Waals surface area contributed by atoms with Crippen molar-refractivity contribution in [3.63, 3.8) is 0 Å². The zero-order valence-electron chi connectivity index (χ0n) is 9.86. The predicted octanol–water partition coefficient (Wildman–Crippen LogP) is 4.03. The number of benzene rings is 2. The highest BCUT2D eigenvalue weighted by Gasteiger charge is 2.23. The molecule has 0 spiro atoms. The van der Waals surface area contributed by atoms with Crippen molar-refractivity contribution in [2.45, 2.75) is 6.54 Å². The Morgan fingerprint density at radius 1 is 1.16 bits per heavy atom. The van der Waals surface area contributed by atoms with Crippen molar-refractivity contribution < 1.29 is 9.18 Å². The van der Waals surface area contributed by atoms with E-state index in [0.717, 1.165) is 11.3 Å². The Morgan fingerprint density at radius 2 is 1.89 bits per heavy atom. The van der Waals surface area contributed by atoms with E-state index in [-0.39, 0.29) is 11.8 Å². The van der Waals surface area contributed by atoms with E-state index in [1.165, 1.54) is 17.0 Å². The van der Waals surface area contributed by atoms with Crippen LogP contribution in [0.2, 0.25) is 5.02 Å². The number of amides is 2. The van der Waals surface area contributed by atoms with E-state index >= 15 is 0 Å². The molecule has 2 amide bonds. The van der Waals surface area contributed by atoms with Gasteiger partial charge >= 0.3 is 6.03 Å². The van der Waals surface area contributed by atoms with E-state index in [1.807, 2.05) is 6.07 Å². The van der Waals surface area contributed by atoms with E-state index in [0.29, 0.717) is 17.3 Å². The average Bonchev–Trinajstić information content (AvgIpc) is 2.40. The SMILES string of the molecule is O=C1Nc2ccc(Cl)cc2CN1c1ccc(F)cc1. The molecule has 0 radical (unpaired) electrons. The zero-order valence-corrected chi connectivity index (χ0v) is 10.6. The van der Waals surface area contributed by atoms with Crippen molar-refractivity contribution in [3.05, 3.63) is 58.9 Å². The van der Waals surface area contributed by atoms with E-state index < -0.39 is 0 Å². The molecule has 2 aromatic carbocycles. The Bertz CT molecular complexity index is 642. The molecule has 19 heavy (non-hydrogen) atoms. The van der Waals surface area contributed by atoms with Crippen LogP contribution in [-0.2, 0) is 6.54 Å². The molecule has 1 heterocycles. The number of anilines is 2. The second-order valence-corrected chi connectivity index (χ2v) is 4.73. The fourth-order valence-electron chi connectivity index (χ4n) is 2.07. The topological polar surface area (TPSA) is 32.3 Å². The van der Waals surface area contributed by atoms with E-state index in [9.17, 15) is 9.18 Å². The lowest BCUT2D eigenvalue weighted by Gasteiger charge is -2.29. The summed E-state index contributed by atoms with van der Waals surface area (Å²) < 4.78 is 12.9. The fraction of sp³-hybridized carbons (Fsp3) is 0.0714. The Kier molecular flexibility index (Phi) is 2.87. The van der Waals surface area contributed by atoms with Crippen molar-refractivity contribution in [2.75, 3.05) is 10.2 Å². The Balaban J connectivity index is 1.96. The van der Waals surface area contributed by atoms with Crippen LogP contribution < -0.4 is 10.2 Å². The summed E-state index contributed by atoms with van der Waals surface area (Å²) in [5.74, 6) is -0.329. The average molecular weight is 277 g/mol. The number of nitrogens with zero attached hydrogens (tertiary/aromatic N) is 1. The van der Waals surface area contributed by atoms with Gasteiger partial charge in [-0.2, -0.15) is 0 Å². The molecule has 3 rings (SSSR count). The summed E-state index contributed by atoms with van der Waals surface area (Å²) in [5.41, 5.74) is 2.33. The molecule has 96 valence electrons. The number of carbonyl (C=O) groups excluding carboxylic acids is 1. The first-order valence-electron chi connectivity index (χ1n) is 5.76. The second kappa shape index (κ2) is 4.55. The number of rotatable bonds is 1. The Morgan fingerprint density at radius 3 is 2.63 bits per heavy atom. The van der Waals surface area contributed by atoms with Crippen molar-refractivity contribution in [1.82, 2.24) is 0 Å². The number of hydrogen-bond acceptors (Lipinski definition) is 1. The van der Waals surface area contributed by atoms with Crippen LogP contribution in [0.15, 0.2) is 42.5 Å². The maximum atomic E-state index is 12.9. The van der Waals surface area contributed by atoms with Gasteiger partial charge in [-0.05, 0) is 48.0 Å². The lowest BCUT2D eigenvalue weighted by molar-refractivity contribution is 0.256. The molecule has 1 aliphatic rings. The highest BCUT2D eigenvalue weighted by atomic mass is 35.5. The minimum atomic E-state index is -0.329. The number of fused-ring (bicyclic) bond motifs is 1. The molecule has 0 saturated heterocycles. The van der Waals surface area contributed by atoms with Crippen LogP contribution in [0.4, 0.5) is 20.6 Å². The minimum absolute atomic E-state index is 0.235.